The number of aliphatic hydroxyl groups is 1. The van der Waals surface area contributed by atoms with Gasteiger partial charge in [-0.15, -0.1) is 0 Å². The first kappa shape index (κ1) is 19.6. The number of hydrogen-bond acceptors (Lipinski definition) is 8. The molecule has 0 bridgehead atoms. The molecular formula is C22H20N8O2. The van der Waals surface area contributed by atoms with E-state index in [4.69, 9.17) is 10.7 Å². The van der Waals surface area contributed by atoms with E-state index < -0.39 is 6.23 Å². The van der Waals surface area contributed by atoms with E-state index >= 15 is 0 Å². The molecule has 10 nitrogen and oxygen atoms in total. The van der Waals surface area contributed by atoms with Gasteiger partial charge in [-0.05, 0) is 30.7 Å². The van der Waals surface area contributed by atoms with E-state index in [0.29, 0.717) is 39.4 Å². The molecule has 160 valence electrons. The van der Waals surface area contributed by atoms with Gasteiger partial charge in [0.2, 0.25) is 5.95 Å². The molecule has 0 aliphatic rings. The Morgan fingerprint density at radius 2 is 1.94 bits per heavy atom. The van der Waals surface area contributed by atoms with Crippen LogP contribution in [0.25, 0.3) is 27.8 Å². The number of nitrogens with zero attached hydrogens (tertiary/aromatic N) is 5. The Balaban J connectivity index is 1.59. The van der Waals surface area contributed by atoms with Crippen LogP contribution >= 0.6 is 0 Å². The van der Waals surface area contributed by atoms with Gasteiger partial charge in [0.05, 0.1) is 29.3 Å². The maximum atomic E-state index is 13.5. The maximum Gasteiger partial charge on any atom is 0.266 e. The molecule has 0 aliphatic heterocycles. The van der Waals surface area contributed by atoms with Crippen LogP contribution < -0.4 is 16.6 Å². The molecule has 0 unspecified atom stereocenters. The number of rotatable bonds is 5. The van der Waals surface area contributed by atoms with Crippen molar-refractivity contribution in [2.24, 2.45) is 0 Å². The van der Waals surface area contributed by atoms with E-state index in [1.165, 1.54) is 10.9 Å². The van der Waals surface area contributed by atoms with Crippen molar-refractivity contribution in [3.05, 3.63) is 76.6 Å². The van der Waals surface area contributed by atoms with E-state index in [0.717, 1.165) is 5.56 Å². The van der Waals surface area contributed by atoms with Crippen LogP contribution in [0, 0.1) is 6.92 Å². The van der Waals surface area contributed by atoms with E-state index in [9.17, 15) is 9.90 Å². The highest BCUT2D eigenvalue weighted by atomic mass is 16.3. The number of hydrogen-bond donors (Lipinski definition) is 4. The van der Waals surface area contributed by atoms with Crippen molar-refractivity contribution >= 4 is 33.8 Å². The van der Waals surface area contributed by atoms with Crippen molar-refractivity contribution in [3.63, 3.8) is 0 Å². The molecule has 0 saturated carbocycles. The second-order valence-corrected chi connectivity index (χ2v) is 7.37. The van der Waals surface area contributed by atoms with Crippen molar-refractivity contribution in [3.8, 4) is 5.69 Å². The van der Waals surface area contributed by atoms with Gasteiger partial charge < -0.3 is 21.1 Å². The summed E-state index contributed by atoms with van der Waals surface area (Å²) in [6.07, 6.45) is 0.393. The van der Waals surface area contributed by atoms with Gasteiger partial charge in [-0.2, -0.15) is 9.97 Å². The first-order chi connectivity index (χ1) is 15.5. The van der Waals surface area contributed by atoms with Crippen molar-refractivity contribution < 1.29 is 5.11 Å². The third-order valence-corrected chi connectivity index (χ3v) is 5.17. The summed E-state index contributed by atoms with van der Waals surface area (Å²) in [4.78, 5) is 33.4. The molecule has 2 aromatic carbocycles. The molecule has 0 radical (unpaired) electrons. The Kier molecular flexibility index (Phi) is 4.75. The summed E-state index contributed by atoms with van der Waals surface area (Å²) in [7, 11) is 0. The number of anilines is 2. The van der Waals surface area contributed by atoms with Crippen molar-refractivity contribution in [2.45, 2.75) is 19.6 Å². The molecule has 0 spiro atoms. The van der Waals surface area contributed by atoms with Crippen molar-refractivity contribution in [1.82, 2.24) is 29.5 Å². The fourth-order valence-electron chi connectivity index (χ4n) is 3.76. The van der Waals surface area contributed by atoms with Crippen LogP contribution in [0.5, 0.6) is 0 Å². The molecular weight excluding hydrogens is 408 g/mol. The van der Waals surface area contributed by atoms with Crippen LogP contribution in [-0.2, 0) is 6.42 Å². The summed E-state index contributed by atoms with van der Waals surface area (Å²) in [6.45, 7) is 1.88. The van der Waals surface area contributed by atoms with Crippen LogP contribution in [0.4, 0.5) is 11.8 Å². The zero-order valence-electron chi connectivity index (χ0n) is 17.1. The normalized spacial score (nSPS) is 12.3. The highest BCUT2D eigenvalue weighted by molar-refractivity contribution is 5.83. The van der Waals surface area contributed by atoms with Crippen molar-refractivity contribution in [1.29, 1.82) is 0 Å². The summed E-state index contributed by atoms with van der Waals surface area (Å²) in [5.41, 5.74) is 8.54. The Morgan fingerprint density at radius 3 is 2.75 bits per heavy atom. The number of nitrogen functional groups attached to an aromatic ring is 1. The Labute approximate surface area is 181 Å². The average molecular weight is 428 g/mol. The topological polar surface area (TPSA) is 148 Å². The van der Waals surface area contributed by atoms with Crippen LogP contribution in [0.15, 0.2) is 59.7 Å². The number of imidazole rings is 1. The number of aromatic nitrogens is 6. The van der Waals surface area contributed by atoms with Gasteiger partial charge in [0, 0.05) is 0 Å². The number of H-pyrrole nitrogens is 1. The van der Waals surface area contributed by atoms with Gasteiger partial charge in [-0.25, -0.2) is 9.97 Å². The molecule has 32 heavy (non-hydrogen) atoms. The smallest absolute Gasteiger partial charge is 0.266 e. The minimum absolute atomic E-state index is 0.0276. The van der Waals surface area contributed by atoms with Crippen LogP contribution in [0.1, 0.15) is 11.4 Å². The summed E-state index contributed by atoms with van der Waals surface area (Å²) in [6, 6.07) is 14.8. The summed E-state index contributed by atoms with van der Waals surface area (Å²) in [5, 5.41) is 14.3. The quantitative estimate of drug-likeness (QED) is 0.310. The minimum atomic E-state index is -1.11. The van der Waals surface area contributed by atoms with Crippen LogP contribution in [-0.4, -0.2) is 40.8 Å². The van der Waals surface area contributed by atoms with Gasteiger partial charge in [-0.3, -0.25) is 9.36 Å². The van der Waals surface area contributed by atoms with Gasteiger partial charge in [0.1, 0.15) is 17.6 Å². The number of fused-ring (bicyclic) bond motifs is 2. The SMILES string of the molecule is Cc1cccc2nc(C[C@H](O)Nc3nc(N)nc4nc[nH]c34)n(-c3ccccc3)c(=O)c12. The fourth-order valence-corrected chi connectivity index (χ4v) is 3.76. The molecule has 0 fully saturated rings. The predicted molar refractivity (Wildman–Crippen MR) is 122 cm³/mol. The molecule has 1 atom stereocenters. The number of aryl methyl sites for hydroxylation is 1. The van der Waals surface area contributed by atoms with Crippen molar-refractivity contribution in [2.75, 3.05) is 11.1 Å². The third-order valence-electron chi connectivity index (χ3n) is 5.17. The average Bonchev–Trinajstić information content (AvgIpc) is 3.23. The van der Waals surface area contributed by atoms with Gasteiger partial charge in [-0.1, -0.05) is 30.3 Å². The molecule has 0 saturated heterocycles. The van der Waals surface area contributed by atoms with Gasteiger partial charge in [0.25, 0.3) is 5.56 Å². The van der Waals surface area contributed by atoms with E-state index in [1.54, 1.807) is 6.07 Å². The monoisotopic (exact) mass is 428 g/mol. The summed E-state index contributed by atoms with van der Waals surface area (Å²) >= 11 is 0. The Bertz CT molecular complexity index is 1490. The first-order valence-corrected chi connectivity index (χ1v) is 9.99. The lowest BCUT2D eigenvalue weighted by atomic mass is 10.1. The number of aliphatic hydroxyl groups excluding tert-OH is 1. The number of nitrogens with one attached hydrogen (secondary N) is 2. The molecule has 3 aromatic heterocycles. The van der Waals surface area contributed by atoms with Gasteiger partial charge in [0.15, 0.2) is 11.5 Å². The lowest BCUT2D eigenvalue weighted by Gasteiger charge is -2.18. The lowest BCUT2D eigenvalue weighted by Crippen LogP contribution is -2.30. The van der Waals surface area contributed by atoms with Crippen LogP contribution in [0.3, 0.4) is 0 Å². The number of aromatic amines is 1. The van der Waals surface area contributed by atoms with E-state index in [-0.39, 0.29) is 17.9 Å². The van der Waals surface area contributed by atoms with E-state index in [1.807, 2.05) is 49.4 Å². The maximum absolute atomic E-state index is 13.5. The zero-order valence-corrected chi connectivity index (χ0v) is 17.1. The van der Waals surface area contributed by atoms with E-state index in [2.05, 4.69) is 25.3 Å². The highest BCUT2D eigenvalue weighted by Gasteiger charge is 2.19. The molecule has 0 aliphatic carbocycles. The zero-order chi connectivity index (χ0) is 22.2. The standard InChI is InChI=1S/C22H20N8O2/c1-12-6-5-9-14-17(12)21(32)30(13-7-3-2-4-8-13)15(26-14)10-16(31)27-20-18-19(25-11-24-18)28-22(23)29-20/h2-9,11,16,31H,10H2,1H3,(H4,23,24,25,27,28,29)/t16-/m0/s1. The lowest BCUT2D eigenvalue weighted by molar-refractivity contribution is 0.200. The second-order valence-electron chi connectivity index (χ2n) is 7.37. The predicted octanol–water partition coefficient (Wildman–Crippen LogP) is 1.92. The minimum Gasteiger partial charge on any atom is -0.373 e. The van der Waals surface area contributed by atoms with Gasteiger partial charge >= 0.3 is 0 Å². The van der Waals surface area contributed by atoms with Crippen LogP contribution in [0.2, 0.25) is 0 Å². The fraction of sp³-hybridized carbons (Fsp3) is 0.136. The Morgan fingerprint density at radius 1 is 1.12 bits per heavy atom. The molecule has 5 N–H and O–H groups in total. The second kappa shape index (κ2) is 7.75. The highest BCUT2D eigenvalue weighted by Crippen LogP contribution is 2.20. The molecule has 5 aromatic rings. The largest absolute Gasteiger partial charge is 0.373 e. The summed E-state index contributed by atoms with van der Waals surface area (Å²) < 4.78 is 1.53. The molecule has 10 heteroatoms. The number of para-hydroxylation sites is 1. The molecule has 0 amide bonds. The summed E-state index contributed by atoms with van der Waals surface area (Å²) in [5.74, 6) is 0.740. The third kappa shape index (κ3) is 3.42. The molecule has 5 rings (SSSR count). The molecule has 3 heterocycles. The number of nitrogens with two attached hydrogens (primary N) is 1. The first-order valence-electron chi connectivity index (χ1n) is 9.99. The Hall–Kier alpha value is -4.31. The number of benzene rings is 2.